The largest absolute Gasteiger partial charge is 0.481 e. The first-order chi connectivity index (χ1) is 15.5. The Hall–Kier alpha value is -3.25. The van der Waals surface area contributed by atoms with E-state index in [-0.39, 0.29) is 30.1 Å². The lowest BCUT2D eigenvalue weighted by atomic mass is 9.86. The second-order valence-corrected chi connectivity index (χ2v) is 8.47. The number of rotatable bonds is 8. The van der Waals surface area contributed by atoms with Crippen LogP contribution in [0.4, 0.5) is 10.1 Å². The van der Waals surface area contributed by atoms with Crippen molar-refractivity contribution in [3.05, 3.63) is 95.1 Å². The molecule has 4 rings (SSSR count). The molecule has 3 aromatic rings. The highest BCUT2D eigenvalue weighted by molar-refractivity contribution is 5.70. The molecule has 0 radical (unpaired) electrons. The van der Waals surface area contributed by atoms with Gasteiger partial charge in [-0.15, -0.1) is 0 Å². The molecule has 0 saturated heterocycles. The van der Waals surface area contributed by atoms with Gasteiger partial charge in [0.25, 0.3) is 0 Å². The van der Waals surface area contributed by atoms with Gasteiger partial charge in [-0.05, 0) is 47.2 Å². The van der Waals surface area contributed by atoms with E-state index in [1.807, 2.05) is 37.4 Å². The second kappa shape index (κ2) is 9.92. The van der Waals surface area contributed by atoms with Gasteiger partial charge < -0.3 is 15.7 Å². The predicted octanol–water partition coefficient (Wildman–Crippen LogP) is 4.57. The van der Waals surface area contributed by atoms with Crippen LogP contribution in [0, 0.1) is 11.7 Å². The molecule has 0 bridgehead atoms. The molecule has 2 aromatic carbocycles. The molecule has 0 fully saturated rings. The van der Waals surface area contributed by atoms with Crippen LogP contribution < -0.4 is 10.6 Å². The van der Waals surface area contributed by atoms with Crippen LogP contribution in [0.15, 0.2) is 66.9 Å². The van der Waals surface area contributed by atoms with E-state index in [4.69, 9.17) is 5.11 Å². The summed E-state index contributed by atoms with van der Waals surface area (Å²) in [4.78, 5) is 15.6. The van der Waals surface area contributed by atoms with Crippen molar-refractivity contribution in [3.8, 4) is 0 Å². The molecular formula is C26H28FN3O2. The van der Waals surface area contributed by atoms with Gasteiger partial charge in [0.15, 0.2) is 0 Å². The van der Waals surface area contributed by atoms with Gasteiger partial charge in [0.2, 0.25) is 0 Å². The summed E-state index contributed by atoms with van der Waals surface area (Å²) < 4.78 is 14.5. The third-order valence-electron chi connectivity index (χ3n) is 6.12. The van der Waals surface area contributed by atoms with E-state index in [1.165, 1.54) is 17.7 Å². The number of nitrogens with one attached hydrogen (secondary N) is 2. The van der Waals surface area contributed by atoms with Gasteiger partial charge in [-0.1, -0.05) is 49.4 Å². The fraction of sp³-hybridized carbons (Fsp3) is 0.308. The number of carboxylic acids is 1. The van der Waals surface area contributed by atoms with E-state index >= 15 is 0 Å². The van der Waals surface area contributed by atoms with Crippen molar-refractivity contribution in [2.24, 2.45) is 5.92 Å². The molecule has 0 spiro atoms. The summed E-state index contributed by atoms with van der Waals surface area (Å²) in [7, 11) is 0. The number of hydrogen-bond acceptors (Lipinski definition) is 4. The Morgan fingerprint density at radius 3 is 2.81 bits per heavy atom. The first-order valence-corrected chi connectivity index (χ1v) is 11.0. The van der Waals surface area contributed by atoms with Crippen LogP contribution in [0.3, 0.4) is 0 Å². The molecule has 3 N–H and O–H groups in total. The van der Waals surface area contributed by atoms with Crippen LogP contribution in [0.5, 0.6) is 0 Å². The first kappa shape index (κ1) is 22.0. The maximum absolute atomic E-state index is 14.5. The lowest BCUT2D eigenvalue weighted by Crippen LogP contribution is -2.37. The van der Waals surface area contributed by atoms with Gasteiger partial charge in [0.1, 0.15) is 5.82 Å². The molecule has 0 saturated carbocycles. The summed E-state index contributed by atoms with van der Waals surface area (Å²) in [6, 6.07) is 18.9. The number of nitrogens with zero attached hydrogens (tertiary/aromatic N) is 1. The molecule has 166 valence electrons. The summed E-state index contributed by atoms with van der Waals surface area (Å²) in [5.41, 5.74) is 4.48. The second-order valence-electron chi connectivity index (χ2n) is 8.47. The molecule has 2 heterocycles. The van der Waals surface area contributed by atoms with Crippen LogP contribution in [0.1, 0.15) is 41.3 Å². The molecule has 0 aliphatic carbocycles. The van der Waals surface area contributed by atoms with Gasteiger partial charge in [0.05, 0.1) is 17.8 Å². The number of aromatic nitrogens is 1. The number of pyridine rings is 1. The molecule has 5 nitrogen and oxygen atoms in total. The molecule has 32 heavy (non-hydrogen) atoms. The Morgan fingerprint density at radius 1 is 1.22 bits per heavy atom. The number of benzene rings is 2. The summed E-state index contributed by atoms with van der Waals surface area (Å²) in [6.07, 6.45) is 2.57. The van der Waals surface area contributed by atoms with Crippen molar-refractivity contribution in [1.82, 2.24) is 10.3 Å². The third-order valence-corrected chi connectivity index (χ3v) is 6.12. The molecule has 1 aliphatic rings. The van der Waals surface area contributed by atoms with Gasteiger partial charge in [-0.3, -0.25) is 9.78 Å². The third kappa shape index (κ3) is 5.14. The average molecular weight is 434 g/mol. The molecule has 6 heteroatoms. The average Bonchev–Trinajstić information content (AvgIpc) is 2.80. The van der Waals surface area contributed by atoms with Gasteiger partial charge in [-0.2, -0.15) is 0 Å². The highest BCUT2D eigenvalue weighted by Gasteiger charge is 2.28. The van der Waals surface area contributed by atoms with Crippen LogP contribution in [0.2, 0.25) is 0 Å². The van der Waals surface area contributed by atoms with E-state index < -0.39 is 5.97 Å². The summed E-state index contributed by atoms with van der Waals surface area (Å²) in [5.74, 6) is -1.05. The maximum Gasteiger partial charge on any atom is 0.307 e. The first-order valence-electron chi connectivity index (χ1n) is 11.0. The van der Waals surface area contributed by atoms with Crippen LogP contribution in [-0.2, 0) is 17.6 Å². The van der Waals surface area contributed by atoms with Gasteiger partial charge in [0, 0.05) is 31.2 Å². The highest BCUT2D eigenvalue weighted by atomic mass is 19.1. The number of anilines is 1. The smallest absolute Gasteiger partial charge is 0.307 e. The van der Waals surface area contributed by atoms with Crippen LogP contribution in [-0.4, -0.2) is 29.1 Å². The lowest BCUT2D eigenvalue weighted by molar-refractivity contribution is -0.136. The number of carboxylic acid groups (broad SMARTS) is 1. The molecule has 1 aliphatic heterocycles. The van der Waals surface area contributed by atoms with Crippen LogP contribution >= 0.6 is 0 Å². The Labute approximate surface area is 187 Å². The minimum atomic E-state index is -0.920. The van der Waals surface area contributed by atoms with Gasteiger partial charge in [-0.25, -0.2) is 4.39 Å². The number of aliphatic carboxylic acids is 1. The molecule has 1 aromatic heterocycles. The van der Waals surface area contributed by atoms with Crippen molar-refractivity contribution in [2.45, 2.75) is 31.7 Å². The zero-order chi connectivity index (χ0) is 22.5. The fourth-order valence-electron chi connectivity index (χ4n) is 4.45. The highest BCUT2D eigenvalue weighted by Crippen LogP contribution is 2.32. The van der Waals surface area contributed by atoms with Crippen molar-refractivity contribution < 1.29 is 14.3 Å². The van der Waals surface area contributed by atoms with Crippen molar-refractivity contribution >= 4 is 11.7 Å². The van der Waals surface area contributed by atoms with Crippen LogP contribution in [0.25, 0.3) is 0 Å². The quantitative estimate of drug-likeness (QED) is 0.485. The van der Waals surface area contributed by atoms with E-state index in [1.54, 1.807) is 6.07 Å². The van der Waals surface area contributed by atoms with E-state index in [9.17, 15) is 9.18 Å². The number of fused-ring (bicyclic) bond motifs is 1. The zero-order valence-electron chi connectivity index (χ0n) is 18.1. The Morgan fingerprint density at radius 2 is 2.03 bits per heavy atom. The SMILES string of the molecule is C[C@@H](CN[C@H](c1ccccc1)[C@H]1CNc2cccnc2C1)c1cc(CC(=O)O)ccc1F. The maximum atomic E-state index is 14.5. The summed E-state index contributed by atoms with van der Waals surface area (Å²) >= 11 is 0. The monoisotopic (exact) mass is 433 g/mol. The fourth-order valence-corrected chi connectivity index (χ4v) is 4.45. The Bertz CT molecular complexity index is 1070. The predicted molar refractivity (Wildman–Crippen MR) is 123 cm³/mol. The van der Waals surface area contributed by atoms with E-state index in [0.717, 1.165) is 24.3 Å². The summed E-state index contributed by atoms with van der Waals surface area (Å²) in [6.45, 7) is 3.36. The number of carbonyl (C=O) groups is 1. The zero-order valence-corrected chi connectivity index (χ0v) is 18.1. The van der Waals surface area contributed by atoms with E-state index in [2.05, 4.69) is 33.8 Å². The minimum Gasteiger partial charge on any atom is -0.481 e. The summed E-state index contributed by atoms with van der Waals surface area (Å²) in [5, 5.41) is 16.2. The Balaban J connectivity index is 1.52. The Kier molecular flexibility index (Phi) is 6.81. The topological polar surface area (TPSA) is 74.2 Å². The lowest BCUT2D eigenvalue weighted by Gasteiger charge is -2.33. The number of hydrogen-bond donors (Lipinski definition) is 3. The standard InChI is InChI=1S/C26H28FN3O2/c1-17(21-12-18(13-25(31)32)9-10-22(21)27)15-30-26(19-6-3-2-4-7-19)20-14-24-23(29-16-20)8-5-11-28-24/h2-12,17,20,26,29-30H,13-16H2,1H3,(H,31,32)/t17-,20+,26+/m0/s1. The van der Waals surface area contributed by atoms with Gasteiger partial charge >= 0.3 is 5.97 Å². The molecule has 0 unspecified atom stereocenters. The van der Waals surface area contributed by atoms with Crippen molar-refractivity contribution in [3.63, 3.8) is 0 Å². The molecular weight excluding hydrogens is 405 g/mol. The molecule has 3 atom stereocenters. The van der Waals surface area contributed by atoms with Crippen molar-refractivity contribution in [2.75, 3.05) is 18.4 Å². The van der Waals surface area contributed by atoms with E-state index in [0.29, 0.717) is 17.7 Å². The normalized spacial score (nSPS) is 17.1. The van der Waals surface area contributed by atoms with Crippen molar-refractivity contribution in [1.29, 1.82) is 0 Å². The molecule has 0 amide bonds. The number of halogens is 1. The minimum absolute atomic E-state index is 0.0755.